The van der Waals surface area contributed by atoms with E-state index in [0.717, 1.165) is 24.7 Å². The third-order valence-corrected chi connectivity index (χ3v) is 5.85. The maximum atomic E-state index is 12.9. The SMILES string of the molecule is NC(CNc1cc(-c2ccc(C(F)(F)F)c(Cl)c2)ncn1)c1ccc(N2CCCC2)cc1. The Morgan fingerprint density at radius 1 is 1.03 bits per heavy atom. The zero-order valence-corrected chi connectivity index (χ0v) is 18.0. The van der Waals surface area contributed by atoms with Crippen molar-refractivity contribution in [3.63, 3.8) is 0 Å². The van der Waals surface area contributed by atoms with Crippen molar-refractivity contribution in [2.45, 2.75) is 25.1 Å². The number of nitrogens with two attached hydrogens (primary N) is 1. The average Bonchev–Trinajstić information content (AvgIpc) is 3.32. The summed E-state index contributed by atoms with van der Waals surface area (Å²) in [5.41, 5.74) is 8.59. The Balaban J connectivity index is 1.41. The third kappa shape index (κ3) is 5.14. The first-order valence-electron chi connectivity index (χ1n) is 10.3. The van der Waals surface area contributed by atoms with E-state index in [-0.39, 0.29) is 11.1 Å². The van der Waals surface area contributed by atoms with Crippen LogP contribution in [-0.2, 0) is 6.18 Å². The highest BCUT2D eigenvalue weighted by atomic mass is 35.5. The van der Waals surface area contributed by atoms with Gasteiger partial charge < -0.3 is 16.0 Å². The van der Waals surface area contributed by atoms with E-state index in [1.54, 1.807) is 6.07 Å². The lowest BCUT2D eigenvalue weighted by Crippen LogP contribution is -2.21. The second-order valence-corrected chi connectivity index (χ2v) is 8.16. The van der Waals surface area contributed by atoms with Crippen LogP contribution in [0.25, 0.3) is 11.3 Å². The molecule has 0 aliphatic carbocycles. The summed E-state index contributed by atoms with van der Waals surface area (Å²) in [4.78, 5) is 10.7. The van der Waals surface area contributed by atoms with Gasteiger partial charge in [0.2, 0.25) is 0 Å². The number of hydrogen-bond acceptors (Lipinski definition) is 5. The molecule has 1 unspecified atom stereocenters. The van der Waals surface area contributed by atoms with Gasteiger partial charge in [0.1, 0.15) is 12.1 Å². The third-order valence-electron chi connectivity index (χ3n) is 5.53. The van der Waals surface area contributed by atoms with Crippen LogP contribution >= 0.6 is 11.6 Å². The zero-order valence-electron chi connectivity index (χ0n) is 17.2. The summed E-state index contributed by atoms with van der Waals surface area (Å²) in [6.45, 7) is 2.62. The minimum Gasteiger partial charge on any atom is -0.372 e. The van der Waals surface area contributed by atoms with E-state index in [4.69, 9.17) is 17.3 Å². The Morgan fingerprint density at radius 2 is 1.75 bits per heavy atom. The molecule has 1 atom stereocenters. The number of anilines is 2. The molecular weight excluding hydrogens is 439 g/mol. The van der Waals surface area contributed by atoms with E-state index in [0.29, 0.717) is 23.6 Å². The summed E-state index contributed by atoms with van der Waals surface area (Å²) in [5, 5.41) is 2.80. The van der Waals surface area contributed by atoms with Crippen molar-refractivity contribution in [1.29, 1.82) is 0 Å². The Bertz CT molecular complexity index is 1070. The van der Waals surface area contributed by atoms with E-state index in [2.05, 4.69) is 32.3 Å². The lowest BCUT2D eigenvalue weighted by Gasteiger charge is -2.19. The fourth-order valence-corrected chi connectivity index (χ4v) is 4.04. The van der Waals surface area contributed by atoms with Crippen molar-refractivity contribution in [3.05, 3.63) is 71.0 Å². The molecule has 1 fully saturated rings. The van der Waals surface area contributed by atoms with Crippen LogP contribution in [-0.4, -0.2) is 29.6 Å². The summed E-state index contributed by atoms with van der Waals surface area (Å²) in [6, 6.07) is 13.2. The van der Waals surface area contributed by atoms with Crippen LogP contribution in [0.15, 0.2) is 54.9 Å². The van der Waals surface area contributed by atoms with Crippen LogP contribution in [0.4, 0.5) is 24.7 Å². The van der Waals surface area contributed by atoms with Gasteiger partial charge in [0.15, 0.2) is 0 Å². The number of benzene rings is 2. The van der Waals surface area contributed by atoms with Crippen molar-refractivity contribution >= 4 is 23.1 Å². The molecule has 4 rings (SSSR count). The van der Waals surface area contributed by atoms with Gasteiger partial charge >= 0.3 is 6.18 Å². The van der Waals surface area contributed by atoms with Crippen molar-refractivity contribution in [3.8, 4) is 11.3 Å². The highest BCUT2D eigenvalue weighted by Crippen LogP contribution is 2.36. The van der Waals surface area contributed by atoms with Crippen molar-refractivity contribution in [2.24, 2.45) is 5.73 Å². The number of nitrogens with zero attached hydrogens (tertiary/aromatic N) is 3. The number of hydrogen-bond donors (Lipinski definition) is 2. The van der Waals surface area contributed by atoms with Gasteiger partial charge in [0.25, 0.3) is 0 Å². The first-order chi connectivity index (χ1) is 15.3. The topological polar surface area (TPSA) is 67.1 Å². The van der Waals surface area contributed by atoms with Crippen molar-refractivity contribution in [2.75, 3.05) is 29.9 Å². The molecular formula is C23H23ClF3N5. The smallest absolute Gasteiger partial charge is 0.372 e. The Morgan fingerprint density at radius 3 is 2.41 bits per heavy atom. The maximum Gasteiger partial charge on any atom is 0.417 e. The summed E-state index contributed by atoms with van der Waals surface area (Å²) < 4.78 is 38.8. The van der Waals surface area contributed by atoms with Gasteiger partial charge in [-0.3, -0.25) is 0 Å². The fraction of sp³-hybridized carbons (Fsp3) is 0.304. The number of nitrogens with one attached hydrogen (secondary N) is 1. The summed E-state index contributed by atoms with van der Waals surface area (Å²) in [5.74, 6) is 0.523. The molecule has 1 aliphatic rings. The van der Waals surface area contributed by atoms with Gasteiger partial charge in [-0.25, -0.2) is 9.97 Å². The molecule has 0 bridgehead atoms. The van der Waals surface area contributed by atoms with E-state index in [1.165, 1.54) is 37.0 Å². The van der Waals surface area contributed by atoms with Gasteiger partial charge in [-0.05, 0) is 42.7 Å². The lowest BCUT2D eigenvalue weighted by atomic mass is 10.1. The van der Waals surface area contributed by atoms with Crippen LogP contribution in [0.1, 0.15) is 30.0 Å². The van der Waals surface area contributed by atoms with Gasteiger partial charge in [-0.15, -0.1) is 0 Å². The van der Waals surface area contributed by atoms with Crippen LogP contribution in [0.3, 0.4) is 0 Å². The summed E-state index contributed by atoms with van der Waals surface area (Å²) >= 11 is 5.83. The maximum absolute atomic E-state index is 12.9. The fourth-order valence-electron chi connectivity index (χ4n) is 3.76. The highest BCUT2D eigenvalue weighted by Gasteiger charge is 2.33. The summed E-state index contributed by atoms with van der Waals surface area (Å²) in [7, 11) is 0. The molecule has 2 heterocycles. The number of rotatable bonds is 6. The molecule has 2 aromatic carbocycles. The van der Waals surface area contributed by atoms with E-state index in [1.807, 2.05) is 12.1 Å². The van der Waals surface area contributed by atoms with Gasteiger partial charge in [0, 0.05) is 43.0 Å². The van der Waals surface area contributed by atoms with Gasteiger partial charge in [0.05, 0.1) is 16.3 Å². The second-order valence-electron chi connectivity index (χ2n) is 7.75. The van der Waals surface area contributed by atoms with Crippen LogP contribution in [0.2, 0.25) is 5.02 Å². The van der Waals surface area contributed by atoms with Crippen LogP contribution in [0.5, 0.6) is 0 Å². The zero-order chi connectivity index (χ0) is 22.7. The normalized spacial score (nSPS) is 15.1. The van der Waals surface area contributed by atoms with E-state index in [9.17, 15) is 13.2 Å². The average molecular weight is 462 g/mol. The molecule has 3 aromatic rings. The first kappa shape index (κ1) is 22.4. The number of aromatic nitrogens is 2. The molecule has 1 aromatic heterocycles. The molecule has 3 N–H and O–H groups in total. The second kappa shape index (κ2) is 9.34. The molecule has 0 radical (unpaired) electrons. The molecule has 0 amide bonds. The molecule has 1 aliphatic heterocycles. The molecule has 1 saturated heterocycles. The van der Waals surface area contributed by atoms with E-state index >= 15 is 0 Å². The molecule has 0 saturated carbocycles. The van der Waals surface area contributed by atoms with Crippen molar-refractivity contribution in [1.82, 2.24) is 9.97 Å². The van der Waals surface area contributed by atoms with Crippen molar-refractivity contribution < 1.29 is 13.2 Å². The lowest BCUT2D eigenvalue weighted by molar-refractivity contribution is -0.137. The molecule has 9 heteroatoms. The standard InChI is InChI=1S/C23H23ClF3N5/c24-19-11-16(5-8-18(19)23(25,26)27)21-12-22(31-14-30-21)29-13-20(28)15-3-6-17(7-4-15)32-9-1-2-10-32/h3-8,11-12,14,20H,1-2,9-10,13,28H2,(H,29,30,31). The largest absolute Gasteiger partial charge is 0.417 e. The molecule has 168 valence electrons. The summed E-state index contributed by atoms with van der Waals surface area (Å²) in [6.07, 6.45) is -0.702. The Hall–Kier alpha value is -2.84. The Labute approximate surface area is 189 Å². The minimum atomic E-state index is -4.50. The van der Waals surface area contributed by atoms with E-state index < -0.39 is 11.7 Å². The van der Waals surface area contributed by atoms with Crippen LogP contribution in [0, 0.1) is 0 Å². The molecule has 32 heavy (non-hydrogen) atoms. The number of alkyl halides is 3. The number of halogens is 4. The van der Waals surface area contributed by atoms with Crippen LogP contribution < -0.4 is 16.0 Å². The van der Waals surface area contributed by atoms with Gasteiger partial charge in [-0.2, -0.15) is 13.2 Å². The quantitative estimate of drug-likeness (QED) is 0.505. The Kier molecular flexibility index (Phi) is 6.53. The van der Waals surface area contributed by atoms with Gasteiger partial charge in [-0.1, -0.05) is 29.8 Å². The predicted octanol–water partition coefficient (Wildman–Crippen LogP) is 5.53. The minimum absolute atomic E-state index is 0.249. The molecule has 0 spiro atoms. The first-order valence-corrected chi connectivity index (χ1v) is 10.7. The highest BCUT2D eigenvalue weighted by molar-refractivity contribution is 6.31. The monoisotopic (exact) mass is 461 g/mol. The predicted molar refractivity (Wildman–Crippen MR) is 121 cm³/mol. The molecule has 5 nitrogen and oxygen atoms in total.